The average Bonchev–Trinajstić information content (AvgIpc) is 2.30. The Morgan fingerprint density at radius 1 is 1.12 bits per heavy atom. The van der Waals surface area contributed by atoms with Gasteiger partial charge in [0.25, 0.3) is 0 Å². The Balaban J connectivity index is 2.33. The summed E-state index contributed by atoms with van der Waals surface area (Å²) in [4.78, 5) is 10.9. The summed E-state index contributed by atoms with van der Waals surface area (Å²) in [6, 6.07) is 18.5. The topological polar surface area (TPSA) is 29.1 Å². The fourth-order valence-corrected chi connectivity index (χ4v) is 1.56. The van der Waals surface area contributed by atoms with Crippen molar-refractivity contribution in [3.8, 4) is 11.1 Å². The fraction of sp³-hybridized carbons (Fsp3) is 0.0714. The molecule has 0 unspecified atom stereocenters. The molecule has 1 amide bonds. The van der Waals surface area contributed by atoms with Gasteiger partial charge in [-0.1, -0.05) is 36.4 Å². The molecule has 2 aromatic rings. The van der Waals surface area contributed by atoms with Crippen LogP contribution in [-0.2, 0) is 4.79 Å². The van der Waals surface area contributed by atoms with Gasteiger partial charge in [0.1, 0.15) is 0 Å². The number of carbonyl (C=O) groups is 1. The predicted octanol–water partition coefficient (Wildman–Crippen LogP) is 3.11. The summed E-state index contributed by atoms with van der Waals surface area (Å²) >= 11 is 0. The van der Waals surface area contributed by atoms with E-state index in [0.29, 0.717) is 0 Å². The molecule has 0 aliphatic rings. The highest BCUT2D eigenvalue weighted by Crippen LogP contribution is 2.21. The lowest BCUT2D eigenvalue weighted by atomic mass is 10.1. The van der Waals surface area contributed by atoms with E-state index in [2.05, 4.69) is 11.4 Å². The summed E-state index contributed by atoms with van der Waals surface area (Å²) in [6.07, 6.45) is 0. The molecule has 0 atom stereocenters. The van der Waals surface area contributed by atoms with Gasteiger partial charge in [0, 0.05) is 12.6 Å². The van der Waals surface area contributed by atoms with E-state index in [1.165, 1.54) is 6.92 Å². The van der Waals surface area contributed by atoms with Gasteiger partial charge in [0.05, 0.1) is 0 Å². The van der Waals surface area contributed by atoms with Crippen molar-refractivity contribution in [3.05, 3.63) is 54.6 Å². The summed E-state index contributed by atoms with van der Waals surface area (Å²) in [5.74, 6) is -0.0569. The molecule has 0 bridgehead atoms. The van der Waals surface area contributed by atoms with Crippen LogP contribution in [0.1, 0.15) is 6.92 Å². The van der Waals surface area contributed by atoms with Gasteiger partial charge in [0.15, 0.2) is 0 Å². The zero-order valence-corrected chi connectivity index (χ0v) is 9.03. The number of nitrogens with one attached hydrogen (secondary N) is 1. The van der Waals surface area contributed by atoms with Crippen LogP contribution in [0, 0.1) is 6.07 Å². The first-order valence-corrected chi connectivity index (χ1v) is 5.10. The predicted molar refractivity (Wildman–Crippen MR) is 65.0 cm³/mol. The molecule has 2 nitrogen and oxygen atoms in total. The van der Waals surface area contributed by atoms with Crippen LogP contribution < -0.4 is 5.32 Å². The highest BCUT2D eigenvalue weighted by atomic mass is 16.1. The first-order valence-electron chi connectivity index (χ1n) is 5.10. The zero-order chi connectivity index (χ0) is 11.4. The second-order valence-corrected chi connectivity index (χ2v) is 3.55. The van der Waals surface area contributed by atoms with Crippen molar-refractivity contribution in [2.45, 2.75) is 6.92 Å². The second-order valence-electron chi connectivity index (χ2n) is 3.55. The van der Waals surface area contributed by atoms with Crippen molar-refractivity contribution < 1.29 is 4.79 Å². The van der Waals surface area contributed by atoms with Crippen LogP contribution >= 0.6 is 0 Å². The number of hydrogen-bond donors (Lipinski definition) is 1. The second kappa shape index (κ2) is 4.62. The minimum Gasteiger partial charge on any atom is -0.326 e. The van der Waals surface area contributed by atoms with Crippen molar-refractivity contribution >= 4 is 11.6 Å². The van der Waals surface area contributed by atoms with Gasteiger partial charge >= 0.3 is 0 Å². The first kappa shape index (κ1) is 10.4. The van der Waals surface area contributed by atoms with Gasteiger partial charge in [-0.05, 0) is 29.3 Å². The molecular weight excluding hydrogens is 198 g/mol. The molecule has 2 aromatic carbocycles. The maximum atomic E-state index is 10.9. The van der Waals surface area contributed by atoms with Crippen molar-refractivity contribution in [3.63, 3.8) is 0 Å². The molecule has 16 heavy (non-hydrogen) atoms. The van der Waals surface area contributed by atoms with E-state index in [0.717, 1.165) is 16.8 Å². The van der Waals surface area contributed by atoms with Crippen LogP contribution in [-0.4, -0.2) is 5.91 Å². The quantitative estimate of drug-likeness (QED) is 0.810. The minimum atomic E-state index is -0.0569. The molecule has 0 fully saturated rings. The Morgan fingerprint density at radius 3 is 2.56 bits per heavy atom. The van der Waals surface area contributed by atoms with Gasteiger partial charge in [0.2, 0.25) is 5.91 Å². The van der Waals surface area contributed by atoms with E-state index in [9.17, 15) is 4.79 Å². The molecule has 0 spiro atoms. The smallest absolute Gasteiger partial charge is 0.221 e. The molecule has 0 saturated heterocycles. The minimum absolute atomic E-state index is 0.0569. The van der Waals surface area contributed by atoms with Crippen LogP contribution in [0.25, 0.3) is 11.1 Å². The van der Waals surface area contributed by atoms with E-state index >= 15 is 0 Å². The third-order valence-electron chi connectivity index (χ3n) is 2.23. The molecule has 0 aromatic heterocycles. The van der Waals surface area contributed by atoms with Crippen LogP contribution in [0.15, 0.2) is 48.5 Å². The van der Waals surface area contributed by atoms with Gasteiger partial charge in [-0.3, -0.25) is 4.79 Å². The Kier molecular flexibility index (Phi) is 3.01. The van der Waals surface area contributed by atoms with Crippen LogP contribution in [0.5, 0.6) is 0 Å². The molecule has 0 aliphatic carbocycles. The van der Waals surface area contributed by atoms with E-state index in [-0.39, 0.29) is 5.91 Å². The largest absolute Gasteiger partial charge is 0.326 e. The van der Waals surface area contributed by atoms with E-state index in [1.54, 1.807) is 0 Å². The lowest BCUT2D eigenvalue weighted by Gasteiger charge is -2.05. The van der Waals surface area contributed by atoms with Crippen LogP contribution in [0.4, 0.5) is 5.69 Å². The molecule has 1 radical (unpaired) electrons. The molecule has 0 aliphatic heterocycles. The number of hydrogen-bond acceptors (Lipinski definition) is 1. The summed E-state index contributed by atoms with van der Waals surface area (Å²) in [5.41, 5.74) is 3.02. The number of rotatable bonds is 2. The molecule has 2 heteroatoms. The third kappa shape index (κ3) is 2.48. The standard InChI is InChI=1S/C14H12NO/c1-11(16)15-14-9-5-8-13(10-14)12-6-3-2-4-7-12/h3-10H,1H3,(H,15,16). The van der Waals surface area contributed by atoms with Gasteiger partial charge in [-0.15, -0.1) is 0 Å². The molecule has 0 heterocycles. The molecule has 2 rings (SSSR count). The summed E-state index contributed by atoms with van der Waals surface area (Å²) in [5, 5.41) is 2.77. The molecular formula is C14H12NO. The molecule has 0 saturated carbocycles. The average molecular weight is 210 g/mol. The number of carbonyl (C=O) groups excluding carboxylic acids is 1. The fourth-order valence-electron chi connectivity index (χ4n) is 1.56. The van der Waals surface area contributed by atoms with Crippen LogP contribution in [0.3, 0.4) is 0 Å². The van der Waals surface area contributed by atoms with Crippen molar-refractivity contribution in [2.24, 2.45) is 0 Å². The van der Waals surface area contributed by atoms with Gasteiger partial charge < -0.3 is 5.32 Å². The van der Waals surface area contributed by atoms with E-state index < -0.39 is 0 Å². The lowest BCUT2D eigenvalue weighted by Crippen LogP contribution is -2.05. The van der Waals surface area contributed by atoms with Gasteiger partial charge in [-0.25, -0.2) is 0 Å². The van der Waals surface area contributed by atoms with Crippen molar-refractivity contribution in [2.75, 3.05) is 5.32 Å². The zero-order valence-electron chi connectivity index (χ0n) is 9.03. The van der Waals surface area contributed by atoms with Crippen LogP contribution in [0.2, 0.25) is 0 Å². The summed E-state index contributed by atoms with van der Waals surface area (Å²) < 4.78 is 0. The Morgan fingerprint density at radius 2 is 1.88 bits per heavy atom. The Bertz CT molecular complexity index is 491. The van der Waals surface area contributed by atoms with Crippen molar-refractivity contribution in [1.29, 1.82) is 0 Å². The maximum absolute atomic E-state index is 10.9. The van der Waals surface area contributed by atoms with Gasteiger partial charge in [-0.2, -0.15) is 0 Å². The monoisotopic (exact) mass is 210 g/mol. The first-order chi connectivity index (χ1) is 7.75. The SMILES string of the molecule is CC(=O)Nc1cccc(-c2cc[c]cc2)c1. The van der Waals surface area contributed by atoms with E-state index in [1.807, 2.05) is 48.5 Å². The number of anilines is 1. The number of benzene rings is 2. The molecule has 1 N–H and O–H groups in total. The lowest BCUT2D eigenvalue weighted by molar-refractivity contribution is -0.114. The summed E-state index contributed by atoms with van der Waals surface area (Å²) in [7, 11) is 0. The maximum Gasteiger partial charge on any atom is 0.221 e. The molecule has 79 valence electrons. The highest BCUT2D eigenvalue weighted by Gasteiger charge is 1.99. The summed E-state index contributed by atoms with van der Waals surface area (Å²) in [6.45, 7) is 1.50. The van der Waals surface area contributed by atoms with E-state index in [4.69, 9.17) is 0 Å². The number of amides is 1. The Hall–Kier alpha value is -2.09. The Labute approximate surface area is 94.9 Å². The normalized spacial score (nSPS) is 9.81. The highest BCUT2D eigenvalue weighted by molar-refractivity contribution is 5.89. The van der Waals surface area contributed by atoms with Crippen molar-refractivity contribution in [1.82, 2.24) is 0 Å². The third-order valence-corrected chi connectivity index (χ3v) is 2.23.